The first-order valence-corrected chi connectivity index (χ1v) is 6.33. The summed E-state index contributed by atoms with van der Waals surface area (Å²) >= 11 is 0. The molecule has 1 saturated heterocycles. The minimum atomic E-state index is -0.489. The molecule has 4 nitrogen and oxygen atoms in total. The predicted octanol–water partition coefficient (Wildman–Crippen LogP) is 2.00. The Morgan fingerprint density at radius 3 is 2.88 bits per heavy atom. The number of hydrogen-bond donors (Lipinski definition) is 1. The number of carbonyl (C=O) groups excluding carboxylic acids is 1. The lowest BCUT2D eigenvalue weighted by molar-refractivity contribution is -0.122. The Labute approximate surface area is 103 Å². The van der Waals surface area contributed by atoms with Crippen LogP contribution in [-0.4, -0.2) is 25.2 Å². The fourth-order valence-corrected chi connectivity index (χ4v) is 1.77. The summed E-state index contributed by atoms with van der Waals surface area (Å²) in [6.07, 6.45) is 4.94. The zero-order valence-corrected chi connectivity index (χ0v) is 10.8. The van der Waals surface area contributed by atoms with E-state index in [0.717, 1.165) is 25.9 Å². The maximum Gasteiger partial charge on any atom is 0.220 e. The van der Waals surface area contributed by atoms with Crippen molar-refractivity contribution in [3.05, 3.63) is 0 Å². The average Bonchev–Trinajstić information content (AvgIpc) is 2.35. The van der Waals surface area contributed by atoms with Crippen LogP contribution < -0.4 is 5.32 Å². The Morgan fingerprint density at radius 2 is 2.29 bits per heavy atom. The Morgan fingerprint density at radius 1 is 1.53 bits per heavy atom. The van der Waals surface area contributed by atoms with Crippen molar-refractivity contribution in [1.29, 1.82) is 5.26 Å². The van der Waals surface area contributed by atoms with Gasteiger partial charge in [-0.3, -0.25) is 4.79 Å². The molecule has 1 rings (SSSR count). The molecule has 1 atom stereocenters. The molecule has 0 aromatic carbocycles. The molecule has 0 saturated carbocycles. The van der Waals surface area contributed by atoms with E-state index in [1.54, 1.807) is 0 Å². The van der Waals surface area contributed by atoms with Gasteiger partial charge in [0.2, 0.25) is 5.91 Å². The fourth-order valence-electron chi connectivity index (χ4n) is 1.77. The van der Waals surface area contributed by atoms with Gasteiger partial charge in [0.05, 0.1) is 17.6 Å². The largest absolute Gasteiger partial charge is 0.378 e. The van der Waals surface area contributed by atoms with Gasteiger partial charge in [-0.2, -0.15) is 5.26 Å². The molecule has 0 aliphatic carbocycles. The number of nitrogens with zero attached hydrogens (tertiary/aromatic N) is 1. The van der Waals surface area contributed by atoms with E-state index in [2.05, 4.69) is 11.4 Å². The highest BCUT2D eigenvalue weighted by Gasteiger charge is 2.19. The molecule has 1 unspecified atom stereocenters. The number of ether oxygens (including phenoxy) is 1. The lowest BCUT2D eigenvalue weighted by atomic mass is 9.96. The van der Waals surface area contributed by atoms with Crippen LogP contribution in [0.15, 0.2) is 0 Å². The Hall–Kier alpha value is -1.08. The van der Waals surface area contributed by atoms with E-state index < -0.39 is 5.41 Å². The third kappa shape index (κ3) is 5.69. The molecule has 1 aliphatic rings. The Kier molecular flexibility index (Phi) is 5.43. The van der Waals surface area contributed by atoms with Gasteiger partial charge < -0.3 is 10.1 Å². The van der Waals surface area contributed by atoms with Gasteiger partial charge in [-0.15, -0.1) is 0 Å². The standard InChI is InChI=1S/C13H22N2O2/c1-13(2,9-14)10-15-12(16)7-6-11-5-3-4-8-17-11/h11H,3-8,10H2,1-2H3,(H,15,16). The monoisotopic (exact) mass is 238 g/mol. The quantitative estimate of drug-likeness (QED) is 0.796. The molecule has 0 radical (unpaired) electrons. The number of carbonyl (C=O) groups is 1. The first-order valence-electron chi connectivity index (χ1n) is 6.33. The van der Waals surface area contributed by atoms with Crippen molar-refractivity contribution in [3.63, 3.8) is 0 Å². The molecule has 0 spiro atoms. The van der Waals surface area contributed by atoms with Crippen LogP contribution >= 0.6 is 0 Å². The first-order chi connectivity index (χ1) is 8.03. The normalized spacial score (nSPS) is 20.6. The molecule has 1 heterocycles. The Balaban J connectivity index is 2.15. The zero-order chi connectivity index (χ0) is 12.7. The molecule has 17 heavy (non-hydrogen) atoms. The van der Waals surface area contributed by atoms with Crippen LogP contribution in [0.25, 0.3) is 0 Å². The van der Waals surface area contributed by atoms with Gasteiger partial charge in [0.25, 0.3) is 0 Å². The summed E-state index contributed by atoms with van der Waals surface area (Å²) in [4.78, 5) is 11.6. The zero-order valence-electron chi connectivity index (χ0n) is 10.8. The average molecular weight is 238 g/mol. The maximum absolute atomic E-state index is 11.6. The van der Waals surface area contributed by atoms with Crippen LogP contribution in [0.5, 0.6) is 0 Å². The second-order valence-electron chi connectivity index (χ2n) is 5.30. The summed E-state index contributed by atoms with van der Waals surface area (Å²) in [6.45, 7) is 4.87. The summed E-state index contributed by atoms with van der Waals surface area (Å²) in [7, 11) is 0. The third-order valence-electron chi connectivity index (χ3n) is 3.00. The van der Waals surface area contributed by atoms with Gasteiger partial charge >= 0.3 is 0 Å². The van der Waals surface area contributed by atoms with Crippen molar-refractivity contribution in [1.82, 2.24) is 5.32 Å². The second kappa shape index (κ2) is 6.61. The maximum atomic E-state index is 11.6. The van der Waals surface area contributed by atoms with Gasteiger partial charge in [0, 0.05) is 19.6 Å². The highest BCUT2D eigenvalue weighted by Crippen LogP contribution is 2.17. The molecular weight excluding hydrogens is 216 g/mol. The summed E-state index contributed by atoms with van der Waals surface area (Å²) in [5.41, 5.74) is -0.489. The fraction of sp³-hybridized carbons (Fsp3) is 0.846. The molecule has 4 heteroatoms. The SMILES string of the molecule is CC(C)(C#N)CNC(=O)CCC1CCCCO1. The van der Waals surface area contributed by atoms with Gasteiger partial charge in [0.15, 0.2) is 0 Å². The van der Waals surface area contributed by atoms with Crippen molar-refractivity contribution in [3.8, 4) is 6.07 Å². The molecule has 1 fully saturated rings. The van der Waals surface area contributed by atoms with Crippen molar-refractivity contribution in [2.24, 2.45) is 5.41 Å². The first kappa shape index (κ1) is 14.0. The number of nitriles is 1. The lowest BCUT2D eigenvalue weighted by Gasteiger charge is -2.22. The van der Waals surface area contributed by atoms with Crippen LogP contribution in [-0.2, 0) is 9.53 Å². The van der Waals surface area contributed by atoms with Crippen LogP contribution in [0, 0.1) is 16.7 Å². The second-order valence-corrected chi connectivity index (χ2v) is 5.30. The van der Waals surface area contributed by atoms with E-state index in [-0.39, 0.29) is 12.0 Å². The predicted molar refractivity (Wildman–Crippen MR) is 65.2 cm³/mol. The van der Waals surface area contributed by atoms with Crippen molar-refractivity contribution in [2.45, 2.75) is 52.1 Å². The molecular formula is C13H22N2O2. The summed E-state index contributed by atoms with van der Waals surface area (Å²) < 4.78 is 5.56. The number of amides is 1. The molecule has 96 valence electrons. The summed E-state index contributed by atoms with van der Waals surface area (Å²) in [5.74, 6) is 0.0162. The minimum absolute atomic E-state index is 0.0162. The van der Waals surface area contributed by atoms with E-state index in [1.807, 2.05) is 13.8 Å². The molecule has 1 N–H and O–H groups in total. The molecule has 0 aromatic heterocycles. The van der Waals surface area contributed by atoms with Crippen LogP contribution in [0.3, 0.4) is 0 Å². The van der Waals surface area contributed by atoms with Gasteiger partial charge in [-0.05, 0) is 39.5 Å². The Bertz CT molecular complexity index is 288. The van der Waals surface area contributed by atoms with Crippen LogP contribution in [0.2, 0.25) is 0 Å². The molecule has 0 aromatic rings. The van der Waals surface area contributed by atoms with Crippen LogP contribution in [0.1, 0.15) is 46.0 Å². The third-order valence-corrected chi connectivity index (χ3v) is 3.00. The number of nitrogens with one attached hydrogen (secondary N) is 1. The van der Waals surface area contributed by atoms with E-state index >= 15 is 0 Å². The van der Waals surface area contributed by atoms with Gasteiger partial charge in [0.1, 0.15) is 0 Å². The number of hydrogen-bond acceptors (Lipinski definition) is 3. The summed E-state index contributed by atoms with van der Waals surface area (Å²) in [6, 6.07) is 2.16. The van der Waals surface area contributed by atoms with Gasteiger partial charge in [-0.1, -0.05) is 0 Å². The lowest BCUT2D eigenvalue weighted by Crippen LogP contribution is -2.33. The van der Waals surface area contributed by atoms with Crippen molar-refractivity contribution >= 4 is 5.91 Å². The van der Waals surface area contributed by atoms with Crippen molar-refractivity contribution in [2.75, 3.05) is 13.2 Å². The topological polar surface area (TPSA) is 62.1 Å². The number of rotatable bonds is 5. The van der Waals surface area contributed by atoms with E-state index in [9.17, 15) is 4.79 Å². The summed E-state index contributed by atoms with van der Waals surface area (Å²) in [5, 5.41) is 11.6. The smallest absolute Gasteiger partial charge is 0.220 e. The highest BCUT2D eigenvalue weighted by atomic mass is 16.5. The van der Waals surface area contributed by atoms with E-state index in [1.165, 1.54) is 6.42 Å². The molecule has 0 bridgehead atoms. The van der Waals surface area contributed by atoms with E-state index in [4.69, 9.17) is 10.00 Å². The minimum Gasteiger partial charge on any atom is -0.378 e. The van der Waals surface area contributed by atoms with Crippen LogP contribution in [0.4, 0.5) is 0 Å². The molecule has 1 amide bonds. The molecule has 1 aliphatic heterocycles. The van der Waals surface area contributed by atoms with Crippen molar-refractivity contribution < 1.29 is 9.53 Å². The van der Waals surface area contributed by atoms with Gasteiger partial charge in [-0.25, -0.2) is 0 Å². The highest BCUT2D eigenvalue weighted by molar-refractivity contribution is 5.75. The van der Waals surface area contributed by atoms with E-state index in [0.29, 0.717) is 13.0 Å².